The number of fused-ring (bicyclic) bond motifs is 1. The number of nitrogens with one attached hydrogen (secondary N) is 1. The summed E-state index contributed by atoms with van der Waals surface area (Å²) in [7, 11) is 0. The smallest absolute Gasteiger partial charge is 0.340 e. The van der Waals surface area contributed by atoms with Crippen LogP contribution < -0.4 is 0 Å². The van der Waals surface area contributed by atoms with Crippen molar-refractivity contribution < 1.29 is 14.1 Å². The summed E-state index contributed by atoms with van der Waals surface area (Å²) < 4.78 is 10.9. The van der Waals surface area contributed by atoms with E-state index >= 15 is 0 Å². The fraction of sp³-hybridized carbons (Fsp3) is 0.154. The molecular weight excluding hydrogens is 326 g/mol. The SMILES string of the molecule is Cc1noc(COC(=O)c2c[nH]c3ccc(Br)cc23)n1. The number of carbonyl (C=O) groups is 1. The molecule has 0 aliphatic carbocycles. The van der Waals surface area contributed by atoms with Crippen LogP contribution in [-0.2, 0) is 11.3 Å². The molecule has 0 saturated carbocycles. The molecule has 0 aliphatic rings. The first kappa shape index (κ1) is 12.9. The normalized spacial score (nSPS) is 10.9. The average Bonchev–Trinajstić information content (AvgIpc) is 3.02. The van der Waals surface area contributed by atoms with Gasteiger partial charge in [-0.3, -0.25) is 0 Å². The minimum atomic E-state index is -0.440. The summed E-state index contributed by atoms with van der Waals surface area (Å²) in [5, 5.41) is 4.43. The van der Waals surface area contributed by atoms with E-state index in [1.54, 1.807) is 13.1 Å². The van der Waals surface area contributed by atoms with Crippen molar-refractivity contribution in [2.75, 3.05) is 0 Å². The molecule has 0 unspecified atom stereocenters. The van der Waals surface area contributed by atoms with Crippen molar-refractivity contribution in [1.82, 2.24) is 15.1 Å². The van der Waals surface area contributed by atoms with Crippen molar-refractivity contribution in [1.29, 1.82) is 0 Å². The average molecular weight is 336 g/mol. The van der Waals surface area contributed by atoms with Gasteiger partial charge in [0, 0.05) is 21.6 Å². The summed E-state index contributed by atoms with van der Waals surface area (Å²) >= 11 is 3.38. The second-order valence-electron chi connectivity index (χ2n) is 4.20. The molecular formula is C13H10BrN3O3. The van der Waals surface area contributed by atoms with Crippen LogP contribution in [0, 0.1) is 6.92 Å². The Balaban J connectivity index is 1.80. The van der Waals surface area contributed by atoms with Gasteiger partial charge in [0.1, 0.15) is 0 Å². The highest BCUT2D eigenvalue weighted by Gasteiger charge is 2.15. The van der Waals surface area contributed by atoms with E-state index < -0.39 is 5.97 Å². The number of hydrogen-bond donors (Lipinski definition) is 1. The first-order valence-electron chi connectivity index (χ1n) is 5.86. The summed E-state index contributed by atoms with van der Waals surface area (Å²) in [6, 6.07) is 5.64. The summed E-state index contributed by atoms with van der Waals surface area (Å²) in [6.07, 6.45) is 1.62. The zero-order chi connectivity index (χ0) is 14.1. The Morgan fingerprint density at radius 1 is 1.50 bits per heavy atom. The second kappa shape index (κ2) is 5.09. The maximum atomic E-state index is 12.1. The number of halogens is 1. The van der Waals surface area contributed by atoms with Crippen molar-refractivity contribution in [2.24, 2.45) is 0 Å². The Kier molecular flexibility index (Phi) is 3.27. The molecule has 102 valence electrons. The van der Waals surface area contributed by atoms with E-state index in [9.17, 15) is 4.79 Å². The van der Waals surface area contributed by atoms with Crippen LogP contribution in [0.1, 0.15) is 22.1 Å². The number of aromatic amines is 1. The van der Waals surface area contributed by atoms with E-state index in [4.69, 9.17) is 9.26 Å². The van der Waals surface area contributed by atoms with Gasteiger partial charge < -0.3 is 14.2 Å². The van der Waals surface area contributed by atoms with Crippen LogP contribution in [0.15, 0.2) is 33.4 Å². The van der Waals surface area contributed by atoms with E-state index in [2.05, 4.69) is 31.1 Å². The van der Waals surface area contributed by atoms with Gasteiger partial charge in [0.05, 0.1) is 5.56 Å². The van der Waals surface area contributed by atoms with Crippen LogP contribution in [-0.4, -0.2) is 21.1 Å². The number of aromatic nitrogens is 3. The molecule has 0 aliphatic heterocycles. The lowest BCUT2D eigenvalue weighted by molar-refractivity contribution is 0.0432. The second-order valence-corrected chi connectivity index (χ2v) is 5.12. The van der Waals surface area contributed by atoms with Crippen molar-refractivity contribution in [3.63, 3.8) is 0 Å². The highest BCUT2D eigenvalue weighted by atomic mass is 79.9. The fourth-order valence-electron chi connectivity index (χ4n) is 1.87. The van der Waals surface area contributed by atoms with Gasteiger partial charge in [0.15, 0.2) is 12.4 Å². The lowest BCUT2D eigenvalue weighted by Gasteiger charge is -2.00. The topological polar surface area (TPSA) is 81.0 Å². The molecule has 0 radical (unpaired) electrons. The maximum Gasteiger partial charge on any atom is 0.340 e. The third-order valence-corrected chi connectivity index (χ3v) is 3.25. The van der Waals surface area contributed by atoms with Gasteiger partial charge in [-0.2, -0.15) is 4.98 Å². The highest BCUT2D eigenvalue weighted by molar-refractivity contribution is 9.10. The van der Waals surface area contributed by atoms with Gasteiger partial charge in [-0.15, -0.1) is 0 Å². The van der Waals surface area contributed by atoms with Crippen LogP contribution in [0.3, 0.4) is 0 Å². The highest BCUT2D eigenvalue weighted by Crippen LogP contribution is 2.23. The van der Waals surface area contributed by atoms with Crippen molar-refractivity contribution >= 4 is 32.8 Å². The number of rotatable bonds is 3. The van der Waals surface area contributed by atoms with Crippen LogP contribution in [0.4, 0.5) is 0 Å². The number of aryl methyl sites for hydroxylation is 1. The fourth-order valence-corrected chi connectivity index (χ4v) is 2.23. The molecule has 7 heteroatoms. The molecule has 20 heavy (non-hydrogen) atoms. The summed E-state index contributed by atoms with van der Waals surface area (Å²) in [4.78, 5) is 19.1. The standard InChI is InChI=1S/C13H10BrN3O3/c1-7-16-12(20-17-7)6-19-13(18)10-5-15-11-3-2-8(14)4-9(10)11/h2-5,15H,6H2,1H3. The molecule has 1 aromatic carbocycles. The van der Waals surface area contributed by atoms with Crippen molar-refractivity contribution in [3.05, 3.63) is 46.1 Å². The molecule has 0 bridgehead atoms. The zero-order valence-electron chi connectivity index (χ0n) is 10.5. The van der Waals surface area contributed by atoms with Gasteiger partial charge >= 0.3 is 5.97 Å². The monoisotopic (exact) mass is 335 g/mol. The minimum absolute atomic E-state index is 0.0413. The van der Waals surface area contributed by atoms with Gasteiger partial charge in [0.2, 0.25) is 0 Å². The lowest BCUT2D eigenvalue weighted by atomic mass is 10.2. The van der Waals surface area contributed by atoms with Crippen LogP contribution in [0.5, 0.6) is 0 Å². The minimum Gasteiger partial charge on any atom is -0.452 e. The van der Waals surface area contributed by atoms with Gasteiger partial charge in [-0.25, -0.2) is 4.79 Å². The van der Waals surface area contributed by atoms with E-state index in [0.29, 0.717) is 11.4 Å². The van der Waals surface area contributed by atoms with Crippen LogP contribution in [0.25, 0.3) is 10.9 Å². The summed E-state index contributed by atoms with van der Waals surface area (Å²) in [5.74, 6) is 0.342. The molecule has 3 aromatic rings. The zero-order valence-corrected chi connectivity index (χ0v) is 12.1. The van der Waals surface area contributed by atoms with Crippen LogP contribution >= 0.6 is 15.9 Å². The third-order valence-electron chi connectivity index (χ3n) is 2.76. The number of hydrogen-bond acceptors (Lipinski definition) is 5. The predicted molar refractivity (Wildman–Crippen MR) is 74.2 cm³/mol. The Morgan fingerprint density at radius 3 is 3.10 bits per heavy atom. The largest absolute Gasteiger partial charge is 0.452 e. The quantitative estimate of drug-likeness (QED) is 0.744. The Bertz CT molecular complexity index is 778. The van der Waals surface area contributed by atoms with Crippen molar-refractivity contribution in [3.8, 4) is 0 Å². The maximum absolute atomic E-state index is 12.1. The molecule has 3 rings (SSSR count). The molecule has 0 saturated heterocycles. The molecule has 0 amide bonds. The first-order chi connectivity index (χ1) is 9.63. The molecule has 2 aromatic heterocycles. The van der Waals surface area contributed by atoms with E-state index in [0.717, 1.165) is 15.4 Å². The number of ether oxygens (including phenoxy) is 1. The first-order valence-corrected chi connectivity index (χ1v) is 6.66. The number of esters is 1. The number of nitrogens with zero attached hydrogens (tertiary/aromatic N) is 2. The Morgan fingerprint density at radius 2 is 2.35 bits per heavy atom. The van der Waals surface area contributed by atoms with E-state index in [1.807, 2.05) is 18.2 Å². The Hall–Kier alpha value is -2.15. The van der Waals surface area contributed by atoms with Gasteiger partial charge in [-0.05, 0) is 25.1 Å². The Labute approximate surface area is 122 Å². The van der Waals surface area contributed by atoms with E-state index in [1.165, 1.54) is 0 Å². The molecule has 6 nitrogen and oxygen atoms in total. The summed E-state index contributed by atoms with van der Waals surface area (Å²) in [6.45, 7) is 1.66. The molecule has 0 fully saturated rings. The molecule has 0 atom stereocenters. The summed E-state index contributed by atoms with van der Waals surface area (Å²) in [5.41, 5.74) is 1.34. The van der Waals surface area contributed by atoms with Crippen molar-refractivity contribution in [2.45, 2.75) is 13.5 Å². The third kappa shape index (κ3) is 2.44. The van der Waals surface area contributed by atoms with E-state index in [-0.39, 0.29) is 12.5 Å². The molecule has 0 spiro atoms. The van der Waals surface area contributed by atoms with Gasteiger partial charge in [0.25, 0.3) is 5.89 Å². The number of benzene rings is 1. The van der Waals surface area contributed by atoms with Crippen LogP contribution in [0.2, 0.25) is 0 Å². The lowest BCUT2D eigenvalue weighted by Crippen LogP contribution is -2.04. The number of carbonyl (C=O) groups excluding carboxylic acids is 1. The number of H-pyrrole nitrogens is 1. The molecule has 1 N–H and O–H groups in total. The van der Waals surface area contributed by atoms with Gasteiger partial charge in [-0.1, -0.05) is 21.1 Å². The molecule has 2 heterocycles. The predicted octanol–water partition coefficient (Wildman–Crippen LogP) is 2.98.